The van der Waals surface area contributed by atoms with Crippen LogP contribution in [0, 0.1) is 0 Å². The van der Waals surface area contributed by atoms with Gasteiger partial charge in [0.1, 0.15) is 0 Å². The molecule has 156 valence electrons. The van der Waals surface area contributed by atoms with Crippen LogP contribution in [0.3, 0.4) is 0 Å². The van der Waals surface area contributed by atoms with Crippen molar-refractivity contribution in [2.75, 3.05) is 38.5 Å². The lowest BCUT2D eigenvalue weighted by atomic mass is 10.1. The van der Waals surface area contributed by atoms with Gasteiger partial charge >= 0.3 is 6.18 Å². The van der Waals surface area contributed by atoms with E-state index in [0.29, 0.717) is 26.2 Å². The number of sulfonamides is 1. The van der Waals surface area contributed by atoms with Crippen molar-refractivity contribution in [3.8, 4) is 0 Å². The van der Waals surface area contributed by atoms with Crippen molar-refractivity contribution in [2.45, 2.75) is 11.1 Å². The van der Waals surface area contributed by atoms with Gasteiger partial charge in [0.25, 0.3) is 5.91 Å². The average Bonchev–Trinajstić information content (AvgIpc) is 2.68. The quantitative estimate of drug-likeness (QED) is 0.815. The number of carbonyl (C=O) groups is 1. The molecule has 0 aromatic heterocycles. The third-order valence-corrected chi connectivity index (χ3v) is 6.56. The first kappa shape index (κ1) is 21.3. The predicted octanol–water partition coefficient (Wildman–Crippen LogP) is 2.89. The number of hydrogen-bond donors (Lipinski definition) is 1. The van der Waals surface area contributed by atoms with E-state index in [-0.39, 0.29) is 16.1 Å². The van der Waals surface area contributed by atoms with Crippen molar-refractivity contribution in [1.29, 1.82) is 0 Å². The fourth-order valence-electron chi connectivity index (χ4n) is 2.93. The molecule has 2 aromatic rings. The van der Waals surface area contributed by atoms with Gasteiger partial charge in [0.2, 0.25) is 10.0 Å². The second-order valence-corrected chi connectivity index (χ2v) is 8.70. The molecular weight excluding hydrogens is 407 g/mol. The SMILES string of the molecule is CN1CCN(S(=O)(=O)c2cccc(NC(=O)c3ccc(C(F)(F)F)cc3)c2)CC1. The number of nitrogens with zero attached hydrogens (tertiary/aromatic N) is 2. The summed E-state index contributed by atoms with van der Waals surface area (Å²) < 4.78 is 64.9. The summed E-state index contributed by atoms with van der Waals surface area (Å²) in [5.41, 5.74) is -0.579. The summed E-state index contributed by atoms with van der Waals surface area (Å²) in [6.07, 6.45) is -4.49. The van der Waals surface area contributed by atoms with Crippen molar-refractivity contribution in [3.63, 3.8) is 0 Å². The molecule has 3 rings (SSSR count). The highest BCUT2D eigenvalue weighted by Crippen LogP contribution is 2.29. The summed E-state index contributed by atoms with van der Waals surface area (Å²) in [5, 5.41) is 2.53. The van der Waals surface area contributed by atoms with Crippen molar-refractivity contribution in [2.24, 2.45) is 0 Å². The molecule has 10 heteroatoms. The molecule has 1 saturated heterocycles. The lowest BCUT2D eigenvalue weighted by Crippen LogP contribution is -2.47. The lowest BCUT2D eigenvalue weighted by Gasteiger charge is -2.31. The number of halogens is 3. The van der Waals surface area contributed by atoms with Crippen molar-refractivity contribution < 1.29 is 26.4 Å². The minimum Gasteiger partial charge on any atom is -0.322 e. The van der Waals surface area contributed by atoms with E-state index in [2.05, 4.69) is 5.32 Å². The molecule has 2 aromatic carbocycles. The Bertz CT molecular complexity index is 984. The smallest absolute Gasteiger partial charge is 0.322 e. The summed E-state index contributed by atoms with van der Waals surface area (Å²) in [6.45, 7) is 2.01. The normalized spacial score (nSPS) is 16.6. The zero-order valence-corrected chi connectivity index (χ0v) is 16.4. The maximum Gasteiger partial charge on any atom is 0.416 e. The number of likely N-dealkylation sites (N-methyl/N-ethyl adjacent to an activating group) is 1. The first-order valence-electron chi connectivity index (χ1n) is 8.85. The van der Waals surface area contributed by atoms with Crippen LogP contribution in [0.1, 0.15) is 15.9 Å². The van der Waals surface area contributed by atoms with Crippen LogP contribution in [-0.4, -0.2) is 56.8 Å². The molecule has 0 bridgehead atoms. The minimum atomic E-state index is -4.49. The van der Waals surface area contributed by atoms with Crippen molar-refractivity contribution >= 4 is 21.6 Å². The monoisotopic (exact) mass is 427 g/mol. The third kappa shape index (κ3) is 4.95. The Labute approximate surface area is 167 Å². The van der Waals surface area contributed by atoms with Gasteiger partial charge in [0.15, 0.2) is 0 Å². The highest BCUT2D eigenvalue weighted by atomic mass is 32.2. The number of hydrogen-bond acceptors (Lipinski definition) is 4. The molecule has 1 fully saturated rings. The van der Waals surface area contributed by atoms with Crippen molar-refractivity contribution in [3.05, 3.63) is 59.7 Å². The van der Waals surface area contributed by atoms with E-state index in [1.54, 1.807) is 0 Å². The zero-order valence-electron chi connectivity index (χ0n) is 15.6. The van der Waals surface area contributed by atoms with Gasteiger partial charge in [-0.05, 0) is 49.5 Å². The fraction of sp³-hybridized carbons (Fsp3) is 0.316. The molecule has 0 unspecified atom stereocenters. The van der Waals surface area contributed by atoms with Gasteiger partial charge in [-0.2, -0.15) is 17.5 Å². The Kier molecular flexibility index (Phi) is 5.97. The number of amides is 1. The largest absolute Gasteiger partial charge is 0.416 e. The Hall–Kier alpha value is -2.43. The van der Waals surface area contributed by atoms with Crippen LogP contribution in [-0.2, 0) is 16.2 Å². The van der Waals surface area contributed by atoms with E-state index in [0.717, 1.165) is 24.3 Å². The Morgan fingerprint density at radius 3 is 2.21 bits per heavy atom. The van der Waals surface area contributed by atoms with Crippen LogP contribution in [0.25, 0.3) is 0 Å². The van der Waals surface area contributed by atoms with Crippen LogP contribution in [0.15, 0.2) is 53.4 Å². The number of anilines is 1. The number of benzene rings is 2. The number of piperazine rings is 1. The number of carbonyl (C=O) groups excluding carboxylic acids is 1. The molecule has 6 nitrogen and oxygen atoms in total. The molecule has 0 aliphatic carbocycles. The molecule has 0 radical (unpaired) electrons. The maximum atomic E-state index is 12.8. The molecule has 0 spiro atoms. The van der Waals surface area contributed by atoms with Gasteiger partial charge in [0, 0.05) is 37.4 Å². The van der Waals surface area contributed by atoms with E-state index in [1.165, 1.54) is 28.6 Å². The predicted molar refractivity (Wildman–Crippen MR) is 102 cm³/mol. The Balaban J connectivity index is 1.75. The molecule has 0 atom stereocenters. The topological polar surface area (TPSA) is 69.7 Å². The van der Waals surface area contributed by atoms with Crippen LogP contribution in [0.4, 0.5) is 18.9 Å². The molecule has 1 N–H and O–H groups in total. The summed E-state index contributed by atoms with van der Waals surface area (Å²) in [5.74, 6) is -0.632. The average molecular weight is 427 g/mol. The Morgan fingerprint density at radius 1 is 1.00 bits per heavy atom. The minimum absolute atomic E-state index is 0.0327. The molecule has 1 aliphatic heterocycles. The van der Waals surface area contributed by atoms with Gasteiger partial charge in [-0.1, -0.05) is 6.07 Å². The van der Waals surface area contributed by atoms with E-state index >= 15 is 0 Å². The molecule has 1 amide bonds. The van der Waals surface area contributed by atoms with Crippen molar-refractivity contribution in [1.82, 2.24) is 9.21 Å². The van der Waals surface area contributed by atoms with E-state index in [4.69, 9.17) is 0 Å². The standard InChI is InChI=1S/C19H20F3N3O3S/c1-24-9-11-25(12-10-24)29(27,28)17-4-2-3-16(13-17)23-18(26)14-5-7-15(8-6-14)19(20,21)22/h2-8,13H,9-12H2,1H3,(H,23,26). The fourth-order valence-corrected chi connectivity index (χ4v) is 4.39. The van der Waals surface area contributed by atoms with E-state index in [9.17, 15) is 26.4 Å². The van der Waals surface area contributed by atoms with E-state index < -0.39 is 27.7 Å². The lowest BCUT2D eigenvalue weighted by molar-refractivity contribution is -0.137. The van der Waals surface area contributed by atoms with Crippen LogP contribution < -0.4 is 5.32 Å². The summed E-state index contributed by atoms with van der Waals surface area (Å²) in [6, 6.07) is 9.60. The Morgan fingerprint density at radius 2 is 1.62 bits per heavy atom. The number of alkyl halides is 3. The molecule has 1 heterocycles. The van der Waals surface area contributed by atoms with Gasteiger partial charge in [-0.15, -0.1) is 0 Å². The van der Waals surface area contributed by atoms with Gasteiger partial charge in [-0.3, -0.25) is 4.79 Å². The molecule has 1 aliphatic rings. The van der Waals surface area contributed by atoms with E-state index in [1.807, 2.05) is 11.9 Å². The second-order valence-electron chi connectivity index (χ2n) is 6.76. The molecule has 29 heavy (non-hydrogen) atoms. The highest BCUT2D eigenvalue weighted by molar-refractivity contribution is 7.89. The highest BCUT2D eigenvalue weighted by Gasteiger charge is 2.30. The molecule has 0 saturated carbocycles. The summed E-state index contributed by atoms with van der Waals surface area (Å²) >= 11 is 0. The summed E-state index contributed by atoms with van der Waals surface area (Å²) in [7, 11) is -1.78. The number of rotatable bonds is 4. The summed E-state index contributed by atoms with van der Waals surface area (Å²) in [4.78, 5) is 14.4. The second kappa shape index (κ2) is 8.13. The number of nitrogens with one attached hydrogen (secondary N) is 1. The first-order valence-corrected chi connectivity index (χ1v) is 10.3. The van der Waals surface area contributed by atoms with Gasteiger partial charge < -0.3 is 10.2 Å². The van der Waals surface area contributed by atoms with Crippen LogP contribution in [0.2, 0.25) is 0 Å². The maximum absolute atomic E-state index is 12.8. The molecular formula is C19H20F3N3O3S. The van der Waals surface area contributed by atoms with Gasteiger partial charge in [0.05, 0.1) is 10.5 Å². The zero-order chi connectivity index (χ0) is 21.2. The van der Waals surface area contributed by atoms with Crippen LogP contribution in [0.5, 0.6) is 0 Å². The van der Waals surface area contributed by atoms with Crippen LogP contribution >= 0.6 is 0 Å². The van der Waals surface area contributed by atoms with Gasteiger partial charge in [-0.25, -0.2) is 8.42 Å². The third-order valence-electron chi connectivity index (χ3n) is 4.67. The first-order chi connectivity index (χ1) is 13.6.